The van der Waals surface area contributed by atoms with E-state index in [9.17, 15) is 4.79 Å². The summed E-state index contributed by atoms with van der Waals surface area (Å²) >= 11 is 0. The molecule has 2 heterocycles. The summed E-state index contributed by atoms with van der Waals surface area (Å²) < 4.78 is 22.5. The minimum Gasteiger partial charge on any atom is -0.497 e. The molecule has 1 aromatic heterocycles. The fraction of sp³-hybridized carbons (Fsp3) is 0.375. The summed E-state index contributed by atoms with van der Waals surface area (Å²) in [5.41, 5.74) is 1.47. The normalized spacial score (nSPS) is 21.5. The van der Waals surface area contributed by atoms with Crippen LogP contribution in [0.3, 0.4) is 0 Å². The molecule has 1 N–H and O–H groups in total. The van der Waals surface area contributed by atoms with E-state index < -0.39 is 0 Å². The number of morpholine rings is 1. The van der Waals surface area contributed by atoms with Crippen LogP contribution in [-0.4, -0.2) is 45.6 Å². The minimum absolute atomic E-state index is 0.276. The van der Waals surface area contributed by atoms with Crippen molar-refractivity contribution in [2.45, 2.75) is 26.1 Å². The van der Waals surface area contributed by atoms with Crippen molar-refractivity contribution < 1.29 is 23.5 Å². The molecule has 0 amide bonds. The Morgan fingerprint density at radius 3 is 2.40 bits per heavy atom. The van der Waals surface area contributed by atoms with E-state index >= 15 is 0 Å². The lowest BCUT2D eigenvalue weighted by atomic mass is 10.1. The third-order valence-corrected chi connectivity index (χ3v) is 5.45. The SMILES string of the molecule is COc1ccc(-c2cc3ccc(OCC[NH+]4C[C@H](C)O[C@@H](C)C4)cc3oc2=O)cc1. The number of nitrogens with one attached hydrogen (secondary N) is 1. The summed E-state index contributed by atoms with van der Waals surface area (Å²) in [6, 6.07) is 14.8. The van der Waals surface area contributed by atoms with Crippen molar-refractivity contribution in [2.75, 3.05) is 33.4 Å². The molecule has 0 aliphatic carbocycles. The van der Waals surface area contributed by atoms with Gasteiger partial charge in [0.1, 0.15) is 55.5 Å². The Hall–Kier alpha value is -2.83. The van der Waals surface area contributed by atoms with Crippen molar-refractivity contribution in [3.63, 3.8) is 0 Å². The van der Waals surface area contributed by atoms with Gasteiger partial charge in [-0.15, -0.1) is 0 Å². The zero-order valence-corrected chi connectivity index (χ0v) is 17.6. The van der Waals surface area contributed by atoms with Gasteiger partial charge in [-0.3, -0.25) is 0 Å². The summed E-state index contributed by atoms with van der Waals surface area (Å²) in [7, 11) is 1.61. The third-order valence-electron chi connectivity index (χ3n) is 5.45. The summed E-state index contributed by atoms with van der Waals surface area (Å²) in [5.74, 6) is 1.45. The molecule has 0 bridgehead atoms. The van der Waals surface area contributed by atoms with Crippen molar-refractivity contribution in [1.82, 2.24) is 0 Å². The first-order chi connectivity index (χ1) is 14.5. The quantitative estimate of drug-likeness (QED) is 0.633. The van der Waals surface area contributed by atoms with Crippen LogP contribution >= 0.6 is 0 Å². The van der Waals surface area contributed by atoms with Gasteiger partial charge in [0.25, 0.3) is 0 Å². The smallest absolute Gasteiger partial charge is 0.344 e. The fourth-order valence-corrected chi connectivity index (χ4v) is 4.06. The number of fused-ring (bicyclic) bond motifs is 1. The first kappa shape index (κ1) is 20.4. The molecule has 1 aliphatic heterocycles. The van der Waals surface area contributed by atoms with Gasteiger partial charge in [-0.25, -0.2) is 4.79 Å². The van der Waals surface area contributed by atoms with Crippen LogP contribution < -0.4 is 20.0 Å². The Bertz CT molecular complexity index is 1050. The van der Waals surface area contributed by atoms with Crippen LogP contribution in [0.15, 0.2) is 57.7 Å². The van der Waals surface area contributed by atoms with Crippen molar-refractivity contribution in [2.24, 2.45) is 0 Å². The van der Waals surface area contributed by atoms with E-state index in [1.54, 1.807) is 13.2 Å². The largest absolute Gasteiger partial charge is 0.497 e. The predicted molar refractivity (Wildman–Crippen MR) is 116 cm³/mol. The number of hydrogen-bond acceptors (Lipinski definition) is 5. The van der Waals surface area contributed by atoms with Crippen molar-refractivity contribution in [1.29, 1.82) is 0 Å². The van der Waals surface area contributed by atoms with E-state index in [-0.39, 0.29) is 17.8 Å². The number of hydrogen-bond donors (Lipinski definition) is 1. The first-order valence-electron chi connectivity index (χ1n) is 10.4. The number of quaternary nitrogens is 1. The Balaban J connectivity index is 1.46. The van der Waals surface area contributed by atoms with Crippen LogP contribution in [0.25, 0.3) is 22.1 Å². The Morgan fingerprint density at radius 1 is 1.00 bits per heavy atom. The van der Waals surface area contributed by atoms with Gasteiger partial charge in [-0.1, -0.05) is 12.1 Å². The molecular weight excluding hydrogens is 382 g/mol. The summed E-state index contributed by atoms with van der Waals surface area (Å²) in [6.45, 7) is 7.73. The molecule has 1 fully saturated rings. The minimum atomic E-state index is -0.370. The van der Waals surface area contributed by atoms with E-state index in [0.29, 0.717) is 23.5 Å². The lowest BCUT2D eigenvalue weighted by molar-refractivity contribution is -0.915. The zero-order chi connectivity index (χ0) is 21.1. The monoisotopic (exact) mass is 410 g/mol. The first-order valence-corrected chi connectivity index (χ1v) is 10.4. The summed E-state index contributed by atoms with van der Waals surface area (Å²) in [4.78, 5) is 14.0. The van der Waals surface area contributed by atoms with Crippen molar-refractivity contribution >= 4 is 11.0 Å². The number of ether oxygens (including phenoxy) is 3. The molecule has 6 heteroatoms. The van der Waals surface area contributed by atoms with E-state index in [1.807, 2.05) is 42.5 Å². The molecule has 0 saturated carbocycles. The van der Waals surface area contributed by atoms with E-state index in [1.165, 1.54) is 4.90 Å². The van der Waals surface area contributed by atoms with Crippen molar-refractivity contribution in [3.05, 3.63) is 59.0 Å². The molecule has 158 valence electrons. The topological polar surface area (TPSA) is 62.3 Å². The second-order valence-corrected chi connectivity index (χ2v) is 7.89. The van der Waals surface area contributed by atoms with E-state index in [4.69, 9.17) is 18.6 Å². The van der Waals surface area contributed by atoms with Crippen LogP contribution in [-0.2, 0) is 4.74 Å². The summed E-state index contributed by atoms with van der Waals surface area (Å²) in [5, 5.41) is 0.856. The Morgan fingerprint density at radius 2 is 1.70 bits per heavy atom. The second-order valence-electron chi connectivity index (χ2n) is 7.89. The summed E-state index contributed by atoms with van der Waals surface area (Å²) in [6.07, 6.45) is 0.553. The molecule has 2 atom stereocenters. The lowest BCUT2D eigenvalue weighted by Gasteiger charge is -2.32. The Kier molecular flexibility index (Phi) is 6.06. The Labute approximate surface area is 176 Å². The van der Waals surface area contributed by atoms with Crippen LogP contribution in [0.2, 0.25) is 0 Å². The second kappa shape index (κ2) is 8.90. The molecule has 0 spiro atoms. The van der Waals surface area contributed by atoms with Crippen LogP contribution in [0.5, 0.6) is 11.5 Å². The number of benzene rings is 2. The van der Waals surface area contributed by atoms with Crippen LogP contribution in [0.1, 0.15) is 13.8 Å². The standard InChI is InChI=1S/C24H27NO5/c1-16-14-25(15-17(2)29-16)10-11-28-21-9-6-19-12-22(24(26)30-23(19)13-21)18-4-7-20(27-3)8-5-18/h4-9,12-13,16-17H,10-11,14-15H2,1-3H3/p+1/t16-,17-/m0/s1. The van der Waals surface area contributed by atoms with Gasteiger partial charge in [0.15, 0.2) is 0 Å². The van der Waals surface area contributed by atoms with Gasteiger partial charge in [-0.05, 0) is 49.7 Å². The number of methoxy groups -OCH3 is 1. The fourth-order valence-electron chi connectivity index (χ4n) is 4.06. The average molecular weight is 410 g/mol. The molecule has 0 radical (unpaired) electrons. The van der Waals surface area contributed by atoms with E-state index in [2.05, 4.69) is 13.8 Å². The van der Waals surface area contributed by atoms with Gasteiger partial charge >= 0.3 is 5.63 Å². The molecule has 30 heavy (non-hydrogen) atoms. The molecule has 1 aliphatic rings. The number of rotatable bonds is 6. The molecular formula is C24H28NO5+. The highest BCUT2D eigenvalue weighted by atomic mass is 16.5. The van der Waals surface area contributed by atoms with Gasteiger partial charge in [0, 0.05) is 11.5 Å². The van der Waals surface area contributed by atoms with Gasteiger partial charge in [-0.2, -0.15) is 0 Å². The van der Waals surface area contributed by atoms with Crippen LogP contribution in [0.4, 0.5) is 0 Å². The zero-order valence-electron chi connectivity index (χ0n) is 17.6. The molecule has 3 aromatic rings. The third kappa shape index (κ3) is 4.66. The van der Waals surface area contributed by atoms with Crippen molar-refractivity contribution in [3.8, 4) is 22.6 Å². The maximum absolute atomic E-state index is 12.5. The van der Waals surface area contributed by atoms with E-state index in [0.717, 1.165) is 36.3 Å². The molecule has 4 rings (SSSR count). The lowest BCUT2D eigenvalue weighted by Crippen LogP contribution is -3.16. The molecule has 0 unspecified atom stereocenters. The van der Waals surface area contributed by atoms with Gasteiger partial charge < -0.3 is 23.5 Å². The van der Waals surface area contributed by atoms with Crippen LogP contribution in [0, 0.1) is 0 Å². The highest BCUT2D eigenvalue weighted by molar-refractivity contribution is 5.82. The maximum Gasteiger partial charge on any atom is 0.344 e. The molecule has 2 aromatic carbocycles. The predicted octanol–water partition coefficient (Wildman–Crippen LogP) is 2.54. The average Bonchev–Trinajstić information content (AvgIpc) is 2.72. The van der Waals surface area contributed by atoms with Gasteiger partial charge in [0.2, 0.25) is 0 Å². The highest BCUT2D eigenvalue weighted by Gasteiger charge is 2.25. The maximum atomic E-state index is 12.5. The van der Waals surface area contributed by atoms with Gasteiger partial charge in [0.05, 0.1) is 12.7 Å². The molecule has 6 nitrogen and oxygen atoms in total. The highest BCUT2D eigenvalue weighted by Crippen LogP contribution is 2.25. The molecule has 1 saturated heterocycles.